The van der Waals surface area contributed by atoms with Gasteiger partial charge in [0, 0.05) is 12.2 Å². The van der Waals surface area contributed by atoms with Crippen molar-refractivity contribution in [3.63, 3.8) is 0 Å². The zero-order valence-corrected chi connectivity index (χ0v) is 9.61. The first-order chi connectivity index (χ1) is 7.96. The standard InChI is InChI=1S/C12H15FN2O2/c1-12(17)6-7-15(8-12)11(16)14-10-4-2-9(13)3-5-10/h2-5,17H,6-8H2,1H3,(H,14,16). The van der Waals surface area contributed by atoms with Crippen LogP contribution in [0.2, 0.25) is 0 Å². The minimum atomic E-state index is -0.805. The molecule has 1 aromatic rings. The van der Waals surface area contributed by atoms with Gasteiger partial charge < -0.3 is 15.3 Å². The number of hydrogen-bond acceptors (Lipinski definition) is 2. The Morgan fingerprint density at radius 2 is 2.12 bits per heavy atom. The topological polar surface area (TPSA) is 52.6 Å². The lowest BCUT2D eigenvalue weighted by atomic mass is 10.1. The molecule has 0 aromatic heterocycles. The Morgan fingerprint density at radius 1 is 1.47 bits per heavy atom. The van der Waals surface area contributed by atoms with Crippen LogP contribution in [-0.2, 0) is 0 Å². The molecule has 1 atom stereocenters. The van der Waals surface area contributed by atoms with Crippen LogP contribution in [-0.4, -0.2) is 34.7 Å². The quantitative estimate of drug-likeness (QED) is 0.784. The number of aliphatic hydroxyl groups is 1. The molecule has 1 heterocycles. The van der Waals surface area contributed by atoms with Gasteiger partial charge in [0.1, 0.15) is 5.82 Å². The average molecular weight is 238 g/mol. The number of anilines is 1. The van der Waals surface area contributed by atoms with Crippen LogP contribution in [0, 0.1) is 5.82 Å². The molecule has 0 saturated carbocycles. The van der Waals surface area contributed by atoms with E-state index in [0.29, 0.717) is 25.2 Å². The molecule has 1 aliphatic rings. The van der Waals surface area contributed by atoms with Crippen LogP contribution in [0.4, 0.5) is 14.9 Å². The number of nitrogens with zero attached hydrogens (tertiary/aromatic N) is 1. The van der Waals surface area contributed by atoms with Gasteiger partial charge in [-0.2, -0.15) is 0 Å². The van der Waals surface area contributed by atoms with E-state index < -0.39 is 5.60 Å². The Labute approximate surface area is 99.0 Å². The van der Waals surface area contributed by atoms with Gasteiger partial charge in [-0.3, -0.25) is 0 Å². The number of β-amino-alcohol motifs (C(OH)–C–C–N with tert-alkyl or cyclic N) is 1. The van der Waals surface area contributed by atoms with Gasteiger partial charge >= 0.3 is 6.03 Å². The van der Waals surface area contributed by atoms with Crippen LogP contribution in [0.5, 0.6) is 0 Å². The summed E-state index contributed by atoms with van der Waals surface area (Å²) in [6, 6.07) is 5.31. The lowest BCUT2D eigenvalue weighted by Gasteiger charge is -2.19. The van der Waals surface area contributed by atoms with E-state index >= 15 is 0 Å². The van der Waals surface area contributed by atoms with Crippen LogP contribution in [0.3, 0.4) is 0 Å². The normalized spacial score (nSPS) is 23.8. The number of carbonyl (C=O) groups excluding carboxylic acids is 1. The molecule has 4 nitrogen and oxygen atoms in total. The van der Waals surface area contributed by atoms with Gasteiger partial charge in [-0.25, -0.2) is 9.18 Å². The van der Waals surface area contributed by atoms with E-state index in [2.05, 4.69) is 5.32 Å². The molecular weight excluding hydrogens is 223 g/mol. The largest absolute Gasteiger partial charge is 0.388 e. The van der Waals surface area contributed by atoms with E-state index in [0.717, 1.165) is 0 Å². The first-order valence-corrected chi connectivity index (χ1v) is 5.50. The predicted octanol–water partition coefficient (Wildman–Crippen LogP) is 1.81. The summed E-state index contributed by atoms with van der Waals surface area (Å²) in [5.74, 6) is -0.341. The van der Waals surface area contributed by atoms with Gasteiger partial charge in [0.15, 0.2) is 0 Å². The number of likely N-dealkylation sites (tertiary alicyclic amines) is 1. The summed E-state index contributed by atoms with van der Waals surface area (Å²) in [5.41, 5.74) is -0.261. The fourth-order valence-electron chi connectivity index (χ4n) is 1.85. The second kappa shape index (κ2) is 4.33. The third kappa shape index (κ3) is 2.94. The molecule has 2 rings (SSSR count). The third-order valence-corrected chi connectivity index (χ3v) is 2.83. The summed E-state index contributed by atoms with van der Waals surface area (Å²) >= 11 is 0. The fourth-order valence-corrected chi connectivity index (χ4v) is 1.85. The van der Waals surface area contributed by atoms with Crippen molar-refractivity contribution in [2.75, 3.05) is 18.4 Å². The Bertz CT molecular complexity index is 417. The summed E-state index contributed by atoms with van der Waals surface area (Å²) in [7, 11) is 0. The van der Waals surface area contributed by atoms with E-state index in [1.165, 1.54) is 24.3 Å². The number of hydrogen-bond donors (Lipinski definition) is 2. The van der Waals surface area contributed by atoms with E-state index in [9.17, 15) is 14.3 Å². The number of benzene rings is 1. The van der Waals surface area contributed by atoms with Crippen molar-refractivity contribution in [2.24, 2.45) is 0 Å². The molecule has 2 amide bonds. The Morgan fingerprint density at radius 3 is 2.65 bits per heavy atom. The lowest BCUT2D eigenvalue weighted by molar-refractivity contribution is 0.0727. The molecular formula is C12H15FN2O2. The van der Waals surface area contributed by atoms with Crippen LogP contribution in [0.25, 0.3) is 0 Å². The van der Waals surface area contributed by atoms with Gasteiger partial charge in [-0.05, 0) is 37.6 Å². The van der Waals surface area contributed by atoms with E-state index in [4.69, 9.17) is 0 Å². The lowest BCUT2D eigenvalue weighted by Crippen LogP contribution is -2.36. The molecule has 1 unspecified atom stereocenters. The maximum Gasteiger partial charge on any atom is 0.321 e. The van der Waals surface area contributed by atoms with Crippen molar-refractivity contribution in [3.05, 3.63) is 30.1 Å². The number of carbonyl (C=O) groups is 1. The van der Waals surface area contributed by atoms with Crippen molar-refractivity contribution < 1.29 is 14.3 Å². The SMILES string of the molecule is CC1(O)CCN(C(=O)Nc2ccc(F)cc2)C1. The predicted molar refractivity (Wildman–Crippen MR) is 62.2 cm³/mol. The molecule has 1 aromatic carbocycles. The molecule has 2 N–H and O–H groups in total. The van der Waals surface area contributed by atoms with Crippen molar-refractivity contribution in [2.45, 2.75) is 18.9 Å². The van der Waals surface area contributed by atoms with Crippen molar-refractivity contribution >= 4 is 11.7 Å². The van der Waals surface area contributed by atoms with Gasteiger partial charge in [0.25, 0.3) is 0 Å². The van der Waals surface area contributed by atoms with Crippen LogP contribution >= 0.6 is 0 Å². The second-order valence-electron chi connectivity index (χ2n) is 4.61. The average Bonchev–Trinajstić information content (AvgIpc) is 2.62. The fraction of sp³-hybridized carbons (Fsp3) is 0.417. The number of nitrogens with one attached hydrogen (secondary N) is 1. The molecule has 17 heavy (non-hydrogen) atoms. The van der Waals surface area contributed by atoms with Gasteiger partial charge in [-0.1, -0.05) is 0 Å². The van der Waals surface area contributed by atoms with Crippen LogP contribution < -0.4 is 5.32 Å². The third-order valence-electron chi connectivity index (χ3n) is 2.83. The highest BCUT2D eigenvalue weighted by Gasteiger charge is 2.33. The molecule has 1 aliphatic heterocycles. The maximum atomic E-state index is 12.7. The summed E-state index contributed by atoms with van der Waals surface area (Å²) in [6.07, 6.45) is 0.573. The Balaban J connectivity index is 1.96. The van der Waals surface area contributed by atoms with Gasteiger partial charge in [0.05, 0.1) is 12.1 Å². The zero-order chi connectivity index (χ0) is 12.5. The van der Waals surface area contributed by atoms with Gasteiger partial charge in [0.2, 0.25) is 0 Å². The smallest absolute Gasteiger partial charge is 0.321 e. The highest BCUT2D eigenvalue weighted by atomic mass is 19.1. The number of halogens is 1. The summed E-state index contributed by atoms with van der Waals surface area (Å²) in [6.45, 7) is 2.55. The number of urea groups is 1. The molecule has 0 spiro atoms. The molecule has 0 aliphatic carbocycles. The number of amides is 2. The first kappa shape index (κ1) is 11.9. The maximum absolute atomic E-state index is 12.7. The molecule has 1 saturated heterocycles. The monoisotopic (exact) mass is 238 g/mol. The summed E-state index contributed by atoms with van der Waals surface area (Å²) in [5, 5.41) is 12.4. The number of rotatable bonds is 1. The zero-order valence-electron chi connectivity index (χ0n) is 9.61. The van der Waals surface area contributed by atoms with Crippen molar-refractivity contribution in [1.29, 1.82) is 0 Å². The molecule has 92 valence electrons. The highest BCUT2D eigenvalue weighted by Crippen LogP contribution is 2.21. The van der Waals surface area contributed by atoms with Crippen LogP contribution in [0.1, 0.15) is 13.3 Å². The van der Waals surface area contributed by atoms with Crippen LogP contribution in [0.15, 0.2) is 24.3 Å². The molecule has 5 heteroatoms. The summed E-state index contributed by atoms with van der Waals surface area (Å²) < 4.78 is 12.7. The summed E-state index contributed by atoms with van der Waals surface area (Å²) in [4.78, 5) is 13.3. The first-order valence-electron chi connectivity index (χ1n) is 5.50. The van der Waals surface area contributed by atoms with E-state index in [1.807, 2.05) is 0 Å². The second-order valence-corrected chi connectivity index (χ2v) is 4.61. The molecule has 0 bridgehead atoms. The van der Waals surface area contributed by atoms with Gasteiger partial charge in [-0.15, -0.1) is 0 Å². The Kier molecular flexibility index (Phi) is 3.02. The minimum absolute atomic E-state index is 0.269. The van der Waals surface area contributed by atoms with E-state index in [1.54, 1.807) is 11.8 Å². The van der Waals surface area contributed by atoms with E-state index in [-0.39, 0.29) is 11.8 Å². The highest BCUT2D eigenvalue weighted by molar-refractivity contribution is 5.89. The molecule has 0 radical (unpaired) electrons. The van der Waals surface area contributed by atoms with Crippen molar-refractivity contribution in [3.8, 4) is 0 Å². The molecule has 1 fully saturated rings. The minimum Gasteiger partial charge on any atom is -0.388 e. The Hall–Kier alpha value is -1.62. The van der Waals surface area contributed by atoms with Crippen molar-refractivity contribution in [1.82, 2.24) is 4.90 Å².